The van der Waals surface area contributed by atoms with Gasteiger partial charge in [-0.15, -0.1) is 0 Å². The molecule has 0 amide bonds. The maximum Gasteiger partial charge on any atom is 0.317 e. The second-order valence-corrected chi connectivity index (χ2v) is 3.44. The Morgan fingerprint density at radius 3 is 2.08 bits per heavy atom. The third-order valence-electron chi connectivity index (χ3n) is 2.85. The van der Waals surface area contributed by atoms with E-state index >= 15 is 0 Å². The van der Waals surface area contributed by atoms with Crippen molar-refractivity contribution in [1.82, 2.24) is 0 Å². The predicted molar refractivity (Wildman–Crippen MR) is 47.9 cm³/mol. The van der Waals surface area contributed by atoms with Crippen LogP contribution in [0.1, 0.15) is 27.2 Å². The third-order valence-corrected chi connectivity index (χ3v) is 2.85. The van der Waals surface area contributed by atoms with Crippen LogP contribution in [0.3, 0.4) is 0 Å². The minimum atomic E-state index is -0.766. The number of hydrogen-bond donors (Lipinski definition) is 1. The molecule has 2 heteroatoms. The van der Waals surface area contributed by atoms with Crippen molar-refractivity contribution in [2.45, 2.75) is 27.2 Å². The van der Waals surface area contributed by atoms with Crippen molar-refractivity contribution in [3.63, 3.8) is 0 Å². The summed E-state index contributed by atoms with van der Waals surface area (Å²) >= 11 is 0. The number of hydrogen-bond acceptors (Lipinski definition) is 1. The smallest absolute Gasteiger partial charge is 0.317 e. The van der Waals surface area contributed by atoms with Gasteiger partial charge in [-0.05, 0) is 27.2 Å². The Balaban J connectivity index is 3.14. The molecule has 0 spiro atoms. The Bertz CT molecular complexity index is 254. The van der Waals surface area contributed by atoms with Crippen LogP contribution in [0.2, 0.25) is 0 Å². The molecule has 2 nitrogen and oxygen atoms in total. The molecule has 1 aliphatic carbocycles. The summed E-state index contributed by atoms with van der Waals surface area (Å²) < 4.78 is 0. The fourth-order valence-corrected chi connectivity index (χ4v) is 1.47. The maximum absolute atomic E-state index is 11.0. The zero-order chi connectivity index (χ0) is 9.35. The first-order chi connectivity index (χ1) is 5.49. The number of aliphatic carboxylic acids is 1. The van der Waals surface area contributed by atoms with Crippen LogP contribution in [-0.4, -0.2) is 11.1 Å². The summed E-state index contributed by atoms with van der Waals surface area (Å²) in [6, 6.07) is 0. The molecule has 1 N–H and O–H groups in total. The first-order valence-electron chi connectivity index (χ1n) is 4.07. The van der Waals surface area contributed by atoms with Gasteiger partial charge in [0.15, 0.2) is 0 Å². The molecule has 12 heavy (non-hydrogen) atoms. The van der Waals surface area contributed by atoms with Crippen LogP contribution >= 0.6 is 0 Å². The Morgan fingerprint density at radius 2 is 1.83 bits per heavy atom. The minimum Gasteiger partial charge on any atom is -0.480 e. The van der Waals surface area contributed by atoms with Gasteiger partial charge in [-0.2, -0.15) is 0 Å². The fraction of sp³-hybridized carbons (Fsp3) is 0.500. The molecule has 1 aliphatic rings. The highest BCUT2D eigenvalue weighted by molar-refractivity contribution is 5.82. The van der Waals surface area contributed by atoms with Gasteiger partial charge in [0.25, 0.3) is 0 Å². The molecule has 0 saturated carbocycles. The second-order valence-electron chi connectivity index (χ2n) is 3.44. The molecule has 0 aromatic carbocycles. The summed E-state index contributed by atoms with van der Waals surface area (Å²) in [5.41, 5.74) is 1.11. The number of rotatable bonds is 1. The molecule has 0 fully saturated rings. The number of carbonyl (C=O) groups is 1. The maximum atomic E-state index is 11.0. The lowest BCUT2D eigenvalue weighted by molar-refractivity contribution is -0.143. The van der Waals surface area contributed by atoms with Crippen LogP contribution in [0.15, 0.2) is 23.3 Å². The van der Waals surface area contributed by atoms with E-state index in [0.717, 1.165) is 17.6 Å². The van der Waals surface area contributed by atoms with Crippen molar-refractivity contribution in [2.24, 2.45) is 5.41 Å². The lowest BCUT2D eigenvalue weighted by atomic mass is 9.73. The van der Waals surface area contributed by atoms with Crippen molar-refractivity contribution >= 4 is 5.97 Å². The van der Waals surface area contributed by atoms with Crippen LogP contribution < -0.4 is 0 Å². The normalized spacial score (nSPS) is 21.2. The largest absolute Gasteiger partial charge is 0.480 e. The van der Waals surface area contributed by atoms with E-state index in [1.54, 1.807) is 6.92 Å². The molecular formula is C10H14O2. The van der Waals surface area contributed by atoms with Gasteiger partial charge in [-0.3, -0.25) is 4.79 Å². The van der Waals surface area contributed by atoms with Crippen LogP contribution in [0.25, 0.3) is 0 Å². The number of allylic oxidation sites excluding steroid dienone is 2. The van der Waals surface area contributed by atoms with Gasteiger partial charge in [0.2, 0.25) is 0 Å². The van der Waals surface area contributed by atoms with E-state index in [0.29, 0.717) is 0 Å². The van der Waals surface area contributed by atoms with Gasteiger partial charge in [-0.25, -0.2) is 0 Å². The highest BCUT2D eigenvalue weighted by Crippen LogP contribution is 2.38. The number of carboxylic acid groups (broad SMARTS) is 1. The molecule has 0 aromatic rings. The Hall–Kier alpha value is -1.05. The van der Waals surface area contributed by atoms with Crippen molar-refractivity contribution < 1.29 is 9.90 Å². The standard InChI is InChI=1S/C10H14O2/c1-7-5-4-6-8(2)10(7,3)9(11)12/h5-6H,4H2,1-3H3,(H,11,12). The van der Waals surface area contributed by atoms with Gasteiger partial charge in [0.1, 0.15) is 5.41 Å². The van der Waals surface area contributed by atoms with Gasteiger partial charge in [-0.1, -0.05) is 23.3 Å². The molecular weight excluding hydrogens is 152 g/mol. The fourth-order valence-electron chi connectivity index (χ4n) is 1.47. The summed E-state index contributed by atoms with van der Waals surface area (Å²) in [5.74, 6) is -0.760. The summed E-state index contributed by atoms with van der Waals surface area (Å²) in [6.45, 7) is 5.52. The zero-order valence-electron chi connectivity index (χ0n) is 7.72. The molecule has 0 heterocycles. The van der Waals surface area contributed by atoms with Crippen molar-refractivity contribution in [3.05, 3.63) is 23.3 Å². The van der Waals surface area contributed by atoms with E-state index in [4.69, 9.17) is 5.11 Å². The topological polar surface area (TPSA) is 37.3 Å². The molecule has 0 saturated heterocycles. The average Bonchev–Trinajstić information content (AvgIpc) is 1.99. The predicted octanol–water partition coefficient (Wildman–Crippen LogP) is 2.37. The van der Waals surface area contributed by atoms with E-state index in [1.165, 1.54) is 0 Å². The van der Waals surface area contributed by atoms with Crippen LogP contribution in [0.4, 0.5) is 0 Å². The first-order valence-corrected chi connectivity index (χ1v) is 4.07. The Morgan fingerprint density at radius 1 is 1.42 bits per heavy atom. The van der Waals surface area contributed by atoms with Gasteiger partial charge < -0.3 is 5.11 Å². The lowest BCUT2D eigenvalue weighted by Crippen LogP contribution is -2.31. The van der Waals surface area contributed by atoms with E-state index < -0.39 is 11.4 Å². The van der Waals surface area contributed by atoms with Crippen molar-refractivity contribution in [3.8, 4) is 0 Å². The van der Waals surface area contributed by atoms with E-state index in [2.05, 4.69) is 0 Å². The van der Waals surface area contributed by atoms with Crippen LogP contribution in [-0.2, 0) is 4.79 Å². The lowest BCUT2D eigenvalue weighted by Gasteiger charge is -2.29. The Labute approximate surface area is 72.6 Å². The van der Waals surface area contributed by atoms with Gasteiger partial charge in [0.05, 0.1) is 0 Å². The SMILES string of the molecule is CC1=CCC=C(C)C1(C)C(=O)O. The molecule has 66 valence electrons. The van der Waals surface area contributed by atoms with E-state index in [9.17, 15) is 4.79 Å². The molecule has 0 bridgehead atoms. The molecule has 0 unspecified atom stereocenters. The molecule has 0 aliphatic heterocycles. The molecule has 1 rings (SSSR count). The highest BCUT2D eigenvalue weighted by atomic mass is 16.4. The molecule has 0 atom stereocenters. The summed E-state index contributed by atoms with van der Waals surface area (Å²) in [6.07, 6.45) is 4.81. The molecule has 0 aromatic heterocycles. The van der Waals surface area contributed by atoms with E-state index in [-0.39, 0.29) is 0 Å². The second kappa shape index (κ2) is 2.77. The molecule has 0 radical (unpaired) electrons. The van der Waals surface area contributed by atoms with Gasteiger partial charge in [0, 0.05) is 0 Å². The minimum absolute atomic E-state index is 0.760. The highest BCUT2D eigenvalue weighted by Gasteiger charge is 2.37. The van der Waals surface area contributed by atoms with Gasteiger partial charge >= 0.3 is 5.97 Å². The summed E-state index contributed by atoms with van der Waals surface area (Å²) in [4.78, 5) is 11.0. The quantitative estimate of drug-likeness (QED) is 0.607. The Kier molecular flexibility index (Phi) is 2.09. The summed E-state index contributed by atoms with van der Waals surface area (Å²) in [7, 11) is 0. The average molecular weight is 166 g/mol. The van der Waals surface area contributed by atoms with Crippen LogP contribution in [0.5, 0.6) is 0 Å². The third kappa shape index (κ3) is 1.07. The summed E-state index contributed by atoms with van der Waals surface area (Å²) in [5, 5.41) is 9.06. The van der Waals surface area contributed by atoms with Crippen LogP contribution in [0, 0.1) is 5.41 Å². The number of carboxylic acids is 1. The first kappa shape index (κ1) is 9.04. The van der Waals surface area contributed by atoms with Crippen molar-refractivity contribution in [1.29, 1.82) is 0 Å². The zero-order valence-corrected chi connectivity index (χ0v) is 7.72. The monoisotopic (exact) mass is 166 g/mol. The van der Waals surface area contributed by atoms with E-state index in [1.807, 2.05) is 26.0 Å². The van der Waals surface area contributed by atoms with Crippen molar-refractivity contribution in [2.75, 3.05) is 0 Å².